The first kappa shape index (κ1) is 19.5. The molecule has 8 nitrogen and oxygen atoms in total. The van der Waals surface area contributed by atoms with E-state index in [4.69, 9.17) is 4.74 Å². The summed E-state index contributed by atoms with van der Waals surface area (Å²) >= 11 is 1.43. The number of carbonyl (C=O) groups excluding carboxylic acids is 1. The maximum absolute atomic E-state index is 13.0. The number of fused-ring (bicyclic) bond motifs is 1. The second kappa shape index (κ2) is 7.92. The summed E-state index contributed by atoms with van der Waals surface area (Å²) in [5.74, 6) is -0.229. The van der Waals surface area contributed by atoms with E-state index >= 15 is 0 Å². The van der Waals surface area contributed by atoms with Crippen molar-refractivity contribution in [1.29, 1.82) is 0 Å². The lowest BCUT2D eigenvalue weighted by Crippen LogP contribution is -2.54. The Morgan fingerprint density at radius 3 is 2.66 bits per heavy atom. The first-order valence-electron chi connectivity index (χ1n) is 9.53. The van der Waals surface area contributed by atoms with Crippen LogP contribution in [0.5, 0.6) is 6.01 Å². The van der Waals surface area contributed by atoms with Gasteiger partial charge >= 0.3 is 6.01 Å². The molecule has 1 aromatic carbocycles. The van der Waals surface area contributed by atoms with Crippen LogP contribution in [0.3, 0.4) is 0 Å². The molecule has 0 aliphatic carbocycles. The number of aryl methyl sites for hydroxylation is 1. The Balaban J connectivity index is 1.76. The quantitative estimate of drug-likeness (QED) is 0.681. The monoisotopic (exact) mass is 412 g/mol. The lowest BCUT2D eigenvalue weighted by Gasteiger charge is -2.38. The molecule has 2 N–H and O–H groups in total. The van der Waals surface area contributed by atoms with E-state index in [0.717, 1.165) is 29.2 Å². The van der Waals surface area contributed by atoms with E-state index in [0.29, 0.717) is 28.2 Å². The molecule has 1 aliphatic heterocycles. The minimum absolute atomic E-state index is 0.229. The van der Waals surface area contributed by atoms with Crippen LogP contribution in [-0.2, 0) is 0 Å². The zero-order chi connectivity index (χ0) is 20.5. The summed E-state index contributed by atoms with van der Waals surface area (Å²) in [6, 6.07) is 4.77. The van der Waals surface area contributed by atoms with Gasteiger partial charge in [0.15, 0.2) is 0 Å². The highest BCUT2D eigenvalue weighted by Crippen LogP contribution is 2.31. The molecule has 2 aromatic heterocycles. The third-order valence-corrected chi connectivity index (χ3v) is 5.72. The fourth-order valence-electron chi connectivity index (χ4n) is 3.77. The molecule has 152 valence electrons. The van der Waals surface area contributed by atoms with Crippen molar-refractivity contribution in [2.75, 3.05) is 30.4 Å². The Kier molecular flexibility index (Phi) is 5.33. The van der Waals surface area contributed by atoms with Gasteiger partial charge in [-0.15, -0.1) is 11.3 Å². The molecule has 2 atom stereocenters. The summed E-state index contributed by atoms with van der Waals surface area (Å²) < 4.78 is 5.21. The van der Waals surface area contributed by atoms with Crippen molar-refractivity contribution in [3.05, 3.63) is 35.1 Å². The first-order valence-corrected chi connectivity index (χ1v) is 10.3. The lowest BCUT2D eigenvalue weighted by atomic mass is 10.0. The molecule has 29 heavy (non-hydrogen) atoms. The number of hydrogen-bond donors (Lipinski definition) is 2. The Hall–Kier alpha value is -2.78. The predicted octanol–water partition coefficient (Wildman–Crippen LogP) is 2.84. The van der Waals surface area contributed by atoms with E-state index in [9.17, 15) is 4.79 Å². The van der Waals surface area contributed by atoms with E-state index in [2.05, 4.69) is 44.3 Å². The van der Waals surface area contributed by atoms with Gasteiger partial charge in [0.25, 0.3) is 5.91 Å². The number of nitrogens with one attached hydrogen (secondary N) is 2. The van der Waals surface area contributed by atoms with Crippen LogP contribution in [-0.4, -0.2) is 53.1 Å². The first-order chi connectivity index (χ1) is 13.9. The molecule has 0 unspecified atom stereocenters. The zero-order valence-corrected chi connectivity index (χ0v) is 17.7. The van der Waals surface area contributed by atoms with Crippen molar-refractivity contribution >= 4 is 38.8 Å². The number of benzene rings is 1. The third-order valence-electron chi connectivity index (χ3n) is 4.89. The molecule has 0 saturated carbocycles. The maximum Gasteiger partial charge on any atom is 0.316 e. The maximum atomic E-state index is 13.0. The van der Waals surface area contributed by atoms with Crippen LogP contribution in [0.1, 0.15) is 29.2 Å². The van der Waals surface area contributed by atoms with Gasteiger partial charge < -0.3 is 20.3 Å². The molecule has 3 aromatic rings. The van der Waals surface area contributed by atoms with E-state index < -0.39 is 0 Å². The summed E-state index contributed by atoms with van der Waals surface area (Å²) in [6.45, 7) is 7.98. The summed E-state index contributed by atoms with van der Waals surface area (Å²) in [5.41, 5.74) is 2.08. The molecule has 1 saturated heterocycles. The van der Waals surface area contributed by atoms with E-state index in [-0.39, 0.29) is 11.9 Å². The topological polar surface area (TPSA) is 92.3 Å². The molecule has 1 amide bonds. The molecule has 1 fully saturated rings. The second-order valence-corrected chi connectivity index (χ2v) is 8.56. The molecule has 9 heteroatoms. The average Bonchev–Trinajstić information content (AvgIpc) is 3.10. The van der Waals surface area contributed by atoms with Gasteiger partial charge in [-0.05, 0) is 32.9 Å². The molecule has 4 rings (SSSR count). The standard InChI is InChI=1S/C20H24N6O2S/c1-11-9-26(10-12(2)23-11)16-6-5-14(18-15(16)7-22-20(25-18)28-4)19(27)24-17-8-21-13(3)29-17/h5-8,11-12,23H,9-10H2,1-4H3,(H,24,27)/t11-,12+. The minimum Gasteiger partial charge on any atom is -0.467 e. The SMILES string of the molecule is COc1ncc2c(N3C[C@@H](C)N[C@@H](C)C3)ccc(C(=O)Nc3cnc(C)s3)c2n1. The normalized spacial score (nSPS) is 19.4. The fraction of sp³-hybridized carbons (Fsp3) is 0.400. The van der Waals surface area contributed by atoms with Gasteiger partial charge in [0.1, 0.15) is 5.00 Å². The van der Waals surface area contributed by atoms with Crippen LogP contribution in [0.25, 0.3) is 10.9 Å². The molecular formula is C20H24N6O2S. The number of thiazole rings is 1. The number of hydrogen-bond acceptors (Lipinski definition) is 8. The fourth-order valence-corrected chi connectivity index (χ4v) is 4.44. The van der Waals surface area contributed by atoms with E-state index in [1.54, 1.807) is 12.4 Å². The molecule has 3 heterocycles. The van der Waals surface area contributed by atoms with Crippen molar-refractivity contribution in [3.8, 4) is 6.01 Å². The van der Waals surface area contributed by atoms with Crippen LogP contribution in [0.2, 0.25) is 0 Å². The Morgan fingerprint density at radius 1 is 1.24 bits per heavy atom. The number of amides is 1. The largest absolute Gasteiger partial charge is 0.467 e. The number of piperazine rings is 1. The number of methoxy groups -OCH3 is 1. The van der Waals surface area contributed by atoms with Gasteiger partial charge in [-0.3, -0.25) is 4.79 Å². The third kappa shape index (κ3) is 4.01. The summed E-state index contributed by atoms with van der Waals surface area (Å²) in [7, 11) is 1.52. The Labute approximate surface area is 173 Å². The van der Waals surface area contributed by atoms with Crippen LogP contribution in [0.4, 0.5) is 10.7 Å². The highest BCUT2D eigenvalue weighted by Gasteiger charge is 2.24. The van der Waals surface area contributed by atoms with Gasteiger partial charge in [-0.2, -0.15) is 4.98 Å². The van der Waals surface area contributed by atoms with Gasteiger partial charge in [-0.25, -0.2) is 9.97 Å². The highest BCUT2D eigenvalue weighted by atomic mass is 32.1. The minimum atomic E-state index is -0.229. The van der Waals surface area contributed by atoms with Crippen LogP contribution >= 0.6 is 11.3 Å². The van der Waals surface area contributed by atoms with Crippen molar-refractivity contribution in [2.24, 2.45) is 0 Å². The summed E-state index contributed by atoms with van der Waals surface area (Å²) in [4.78, 5) is 28.3. The number of ether oxygens (including phenoxy) is 1. The number of carbonyl (C=O) groups is 1. The molecule has 1 aliphatic rings. The molecule has 0 radical (unpaired) electrons. The summed E-state index contributed by atoms with van der Waals surface area (Å²) in [6.07, 6.45) is 3.40. The van der Waals surface area contributed by atoms with Crippen molar-refractivity contribution in [2.45, 2.75) is 32.9 Å². The number of aromatic nitrogens is 3. The number of anilines is 2. The zero-order valence-electron chi connectivity index (χ0n) is 16.9. The van der Waals surface area contributed by atoms with Crippen molar-refractivity contribution in [1.82, 2.24) is 20.3 Å². The van der Waals surface area contributed by atoms with Gasteiger partial charge in [0.05, 0.1) is 29.4 Å². The Morgan fingerprint density at radius 2 is 2.00 bits per heavy atom. The Bertz CT molecular complexity index is 1040. The molecule has 0 spiro atoms. The second-order valence-electron chi connectivity index (χ2n) is 7.32. The number of rotatable bonds is 4. The smallest absolute Gasteiger partial charge is 0.316 e. The van der Waals surface area contributed by atoms with Crippen LogP contribution in [0.15, 0.2) is 24.5 Å². The highest BCUT2D eigenvalue weighted by molar-refractivity contribution is 7.15. The number of nitrogens with zero attached hydrogens (tertiary/aromatic N) is 4. The van der Waals surface area contributed by atoms with Gasteiger partial charge in [0.2, 0.25) is 0 Å². The van der Waals surface area contributed by atoms with Crippen LogP contribution in [0, 0.1) is 6.92 Å². The average molecular weight is 413 g/mol. The summed E-state index contributed by atoms with van der Waals surface area (Å²) in [5, 5.41) is 8.89. The van der Waals surface area contributed by atoms with E-state index in [1.807, 2.05) is 19.1 Å². The van der Waals surface area contributed by atoms with Crippen molar-refractivity contribution < 1.29 is 9.53 Å². The lowest BCUT2D eigenvalue weighted by molar-refractivity contribution is 0.102. The van der Waals surface area contributed by atoms with E-state index in [1.165, 1.54) is 18.4 Å². The van der Waals surface area contributed by atoms with Gasteiger partial charge in [0, 0.05) is 42.4 Å². The van der Waals surface area contributed by atoms with Crippen LogP contribution < -0.4 is 20.3 Å². The molecular weight excluding hydrogens is 388 g/mol. The van der Waals surface area contributed by atoms with Crippen molar-refractivity contribution in [3.63, 3.8) is 0 Å². The molecule has 0 bridgehead atoms. The predicted molar refractivity (Wildman–Crippen MR) is 115 cm³/mol. The van der Waals surface area contributed by atoms with Gasteiger partial charge in [-0.1, -0.05) is 0 Å².